The summed E-state index contributed by atoms with van der Waals surface area (Å²) in [4.78, 5) is 11.4. The van der Waals surface area contributed by atoms with E-state index < -0.39 is 20.5 Å². The van der Waals surface area contributed by atoms with E-state index >= 15 is 0 Å². The van der Waals surface area contributed by atoms with Gasteiger partial charge in [-0.25, -0.2) is 8.42 Å². The Kier molecular flexibility index (Phi) is 7.11. The van der Waals surface area contributed by atoms with Crippen molar-refractivity contribution in [1.29, 1.82) is 0 Å². The fourth-order valence-electron chi connectivity index (χ4n) is 2.02. The van der Waals surface area contributed by atoms with Crippen molar-refractivity contribution in [3.05, 3.63) is 41.5 Å². The first-order valence-electron chi connectivity index (χ1n) is 6.70. The molecule has 1 aromatic carbocycles. The van der Waals surface area contributed by atoms with Crippen molar-refractivity contribution in [2.24, 2.45) is 0 Å². The second-order valence-electron chi connectivity index (χ2n) is 4.83. The Labute approximate surface area is 139 Å². The van der Waals surface area contributed by atoms with Gasteiger partial charge in [0, 0.05) is 18.7 Å². The second kappa shape index (κ2) is 8.37. The van der Waals surface area contributed by atoms with Crippen LogP contribution in [0.4, 0.5) is 8.78 Å². The number of carbonyl (C=O) groups is 1. The van der Waals surface area contributed by atoms with Gasteiger partial charge in [-0.1, -0.05) is 11.6 Å². The fraction of sp³-hybridized carbons (Fsp3) is 0.357. The topological polar surface area (TPSA) is 75.3 Å². The largest absolute Gasteiger partial charge is 0.348 e. The summed E-state index contributed by atoms with van der Waals surface area (Å²) in [6.45, 7) is 2.05. The van der Waals surface area contributed by atoms with Crippen molar-refractivity contribution in [1.82, 2.24) is 10.6 Å². The van der Waals surface area contributed by atoms with E-state index in [4.69, 9.17) is 0 Å². The van der Waals surface area contributed by atoms with Gasteiger partial charge >= 0.3 is 5.76 Å². The highest BCUT2D eigenvalue weighted by molar-refractivity contribution is 7.91. The normalized spacial score (nSPS) is 14.8. The first-order valence-corrected chi connectivity index (χ1v) is 8.25. The number of hydrogen-bond donors (Lipinski definition) is 2. The van der Waals surface area contributed by atoms with E-state index in [9.17, 15) is 22.0 Å². The minimum absolute atomic E-state index is 0. The third-order valence-electron chi connectivity index (χ3n) is 3.31. The molecule has 1 amide bonds. The zero-order valence-corrected chi connectivity index (χ0v) is 13.7. The summed E-state index contributed by atoms with van der Waals surface area (Å²) in [5.74, 6) is -3.85. The molecule has 0 radical (unpaired) electrons. The van der Waals surface area contributed by atoms with E-state index in [-0.39, 0.29) is 23.9 Å². The van der Waals surface area contributed by atoms with Gasteiger partial charge in [-0.15, -0.1) is 12.4 Å². The maximum Gasteiger partial charge on any atom is 0.341 e. The SMILES string of the molecule is Cl.O=C(NCC1=CCNCC1)c1ccc(S(=O)(=O)C(F)F)cc1. The van der Waals surface area contributed by atoms with Crippen molar-refractivity contribution in [2.75, 3.05) is 19.6 Å². The van der Waals surface area contributed by atoms with E-state index in [1.54, 1.807) is 0 Å². The first kappa shape index (κ1) is 19.5. The van der Waals surface area contributed by atoms with Crippen LogP contribution in [0.5, 0.6) is 0 Å². The summed E-state index contributed by atoms with van der Waals surface area (Å²) in [5.41, 5.74) is 1.34. The fourth-order valence-corrected chi connectivity index (χ4v) is 2.75. The molecule has 1 aliphatic heterocycles. The molecular weight excluding hydrogens is 350 g/mol. The van der Waals surface area contributed by atoms with Crippen LogP contribution in [0.2, 0.25) is 0 Å². The number of nitrogens with one attached hydrogen (secondary N) is 2. The average Bonchev–Trinajstić information content (AvgIpc) is 2.53. The number of sulfone groups is 1. The van der Waals surface area contributed by atoms with E-state index in [1.807, 2.05) is 6.08 Å². The molecule has 1 aliphatic rings. The number of carbonyl (C=O) groups excluding carboxylic acids is 1. The first-order chi connectivity index (χ1) is 10.4. The summed E-state index contributed by atoms with van der Waals surface area (Å²) in [6, 6.07) is 4.48. The maximum absolute atomic E-state index is 12.4. The molecule has 128 valence electrons. The molecule has 0 bridgehead atoms. The quantitative estimate of drug-likeness (QED) is 0.779. The smallest absolute Gasteiger partial charge is 0.341 e. The molecule has 2 N–H and O–H groups in total. The zero-order valence-electron chi connectivity index (χ0n) is 12.1. The molecule has 0 aliphatic carbocycles. The summed E-state index contributed by atoms with van der Waals surface area (Å²) in [5, 5.41) is 5.87. The summed E-state index contributed by atoms with van der Waals surface area (Å²) < 4.78 is 47.4. The molecule has 0 unspecified atom stereocenters. The van der Waals surface area contributed by atoms with E-state index in [0.717, 1.165) is 37.2 Å². The van der Waals surface area contributed by atoms with Gasteiger partial charge in [0.15, 0.2) is 0 Å². The average molecular weight is 367 g/mol. The predicted molar refractivity (Wildman–Crippen MR) is 84.8 cm³/mol. The molecule has 9 heteroatoms. The van der Waals surface area contributed by atoms with Crippen molar-refractivity contribution in [2.45, 2.75) is 17.1 Å². The van der Waals surface area contributed by atoms with Crippen LogP contribution in [0, 0.1) is 0 Å². The van der Waals surface area contributed by atoms with Crippen LogP contribution >= 0.6 is 12.4 Å². The third-order valence-corrected chi connectivity index (χ3v) is 4.71. The summed E-state index contributed by atoms with van der Waals surface area (Å²) >= 11 is 0. The highest BCUT2D eigenvalue weighted by atomic mass is 35.5. The molecular formula is C14H17ClF2N2O3S. The Bertz CT molecular complexity index is 676. The highest BCUT2D eigenvalue weighted by Crippen LogP contribution is 2.18. The van der Waals surface area contributed by atoms with Crippen LogP contribution < -0.4 is 10.6 Å². The standard InChI is InChI=1S/C14H16F2N2O3S.ClH/c15-14(16)22(20,21)12-3-1-11(2-4-12)13(19)18-9-10-5-7-17-8-6-10;/h1-5,14,17H,6-9H2,(H,18,19);1H. The Balaban J connectivity index is 0.00000264. The number of amides is 1. The van der Waals surface area contributed by atoms with Crippen LogP contribution in [0.1, 0.15) is 16.8 Å². The van der Waals surface area contributed by atoms with Gasteiger partial charge in [-0.2, -0.15) is 8.78 Å². The summed E-state index contributed by atoms with van der Waals surface area (Å²) in [6.07, 6.45) is 2.86. The van der Waals surface area contributed by atoms with Gasteiger partial charge in [-0.3, -0.25) is 4.79 Å². The molecule has 0 fully saturated rings. The molecule has 1 aromatic rings. The maximum atomic E-state index is 12.4. The lowest BCUT2D eigenvalue weighted by Gasteiger charge is -2.14. The Morgan fingerprint density at radius 2 is 1.91 bits per heavy atom. The van der Waals surface area contributed by atoms with E-state index in [0.29, 0.717) is 6.54 Å². The van der Waals surface area contributed by atoms with E-state index in [2.05, 4.69) is 10.6 Å². The molecule has 2 rings (SSSR count). The number of rotatable bonds is 5. The van der Waals surface area contributed by atoms with Crippen LogP contribution in [0.25, 0.3) is 0 Å². The molecule has 0 atom stereocenters. The lowest BCUT2D eigenvalue weighted by Crippen LogP contribution is -2.29. The Morgan fingerprint density at radius 3 is 2.43 bits per heavy atom. The molecule has 0 saturated carbocycles. The van der Waals surface area contributed by atoms with Gasteiger partial charge < -0.3 is 10.6 Å². The molecule has 1 heterocycles. The minimum atomic E-state index is -4.63. The minimum Gasteiger partial charge on any atom is -0.348 e. The highest BCUT2D eigenvalue weighted by Gasteiger charge is 2.26. The van der Waals surface area contributed by atoms with Crippen LogP contribution in [0.3, 0.4) is 0 Å². The lowest BCUT2D eigenvalue weighted by molar-refractivity contribution is 0.0956. The lowest BCUT2D eigenvalue weighted by atomic mass is 10.1. The van der Waals surface area contributed by atoms with Crippen molar-refractivity contribution in [3.8, 4) is 0 Å². The van der Waals surface area contributed by atoms with E-state index in [1.165, 1.54) is 12.1 Å². The number of halogens is 3. The van der Waals surface area contributed by atoms with Crippen LogP contribution in [0.15, 0.2) is 40.8 Å². The molecule has 23 heavy (non-hydrogen) atoms. The van der Waals surface area contributed by atoms with Gasteiger partial charge in [0.05, 0.1) is 4.90 Å². The van der Waals surface area contributed by atoms with Crippen LogP contribution in [-0.4, -0.2) is 39.7 Å². The number of hydrogen-bond acceptors (Lipinski definition) is 4. The predicted octanol–water partition coefficient (Wildman–Crippen LogP) is 1.75. The Morgan fingerprint density at radius 1 is 1.26 bits per heavy atom. The molecule has 0 aromatic heterocycles. The third kappa shape index (κ3) is 4.98. The van der Waals surface area contributed by atoms with Crippen molar-refractivity contribution in [3.63, 3.8) is 0 Å². The second-order valence-corrected chi connectivity index (χ2v) is 6.75. The van der Waals surface area contributed by atoms with Crippen molar-refractivity contribution >= 4 is 28.2 Å². The molecule has 5 nitrogen and oxygen atoms in total. The van der Waals surface area contributed by atoms with Crippen LogP contribution in [-0.2, 0) is 9.84 Å². The number of alkyl halides is 2. The number of benzene rings is 1. The molecule has 0 spiro atoms. The zero-order chi connectivity index (χ0) is 16.2. The molecule has 0 saturated heterocycles. The van der Waals surface area contributed by atoms with Gasteiger partial charge in [0.1, 0.15) is 0 Å². The van der Waals surface area contributed by atoms with Gasteiger partial charge in [-0.05, 0) is 37.2 Å². The summed E-state index contributed by atoms with van der Waals surface area (Å²) in [7, 11) is -4.63. The van der Waals surface area contributed by atoms with Crippen molar-refractivity contribution < 1.29 is 22.0 Å². The van der Waals surface area contributed by atoms with Gasteiger partial charge in [0.25, 0.3) is 5.91 Å². The monoisotopic (exact) mass is 366 g/mol. The van der Waals surface area contributed by atoms with Gasteiger partial charge in [0.2, 0.25) is 9.84 Å². The Hall–Kier alpha value is -1.51.